The van der Waals surface area contributed by atoms with Gasteiger partial charge in [0.05, 0.1) is 12.1 Å². The normalized spacial score (nSPS) is 32.7. The summed E-state index contributed by atoms with van der Waals surface area (Å²) in [4.78, 5) is 11.6. The lowest BCUT2D eigenvalue weighted by molar-refractivity contribution is 0.142. The smallest absolute Gasteiger partial charge is 0.189 e. The second-order valence-corrected chi connectivity index (χ2v) is 21.8. The summed E-state index contributed by atoms with van der Waals surface area (Å²) >= 11 is 0. The lowest BCUT2D eigenvalue weighted by Gasteiger charge is -2.42. The number of piperidine rings is 1. The molecule has 0 spiro atoms. The predicted molar refractivity (Wildman–Crippen MR) is 201 cm³/mol. The molecule has 0 aromatic heterocycles. The zero-order valence-electron chi connectivity index (χ0n) is 32.1. The second kappa shape index (κ2) is 18.3. The van der Waals surface area contributed by atoms with E-state index in [0.717, 1.165) is 19.4 Å². The van der Waals surface area contributed by atoms with Crippen LogP contribution in [0, 0.1) is 47.3 Å². The van der Waals surface area contributed by atoms with Gasteiger partial charge in [0.25, 0.3) is 0 Å². The lowest BCUT2D eigenvalue weighted by atomic mass is 9.68. The van der Waals surface area contributed by atoms with Gasteiger partial charge in [-0.2, -0.15) is 0 Å². The minimum absolute atomic E-state index is 0.366. The SMILES string of the molecule is CC[Si](C)(CC)OCCCC(=NC1C(C(C)C)CCCC1C(C)C)C1CCCC(C(C)=NC2C(C(C)C)CCCC2C(C)C)N1. The summed E-state index contributed by atoms with van der Waals surface area (Å²) in [5.74, 6) is 5.59. The Labute approximate surface area is 282 Å². The van der Waals surface area contributed by atoms with Crippen LogP contribution in [0.25, 0.3) is 0 Å². The summed E-state index contributed by atoms with van der Waals surface area (Å²) in [6.07, 6.45) is 13.9. The third kappa shape index (κ3) is 10.7. The van der Waals surface area contributed by atoms with Crippen LogP contribution in [0.4, 0.5) is 0 Å². The van der Waals surface area contributed by atoms with Crippen molar-refractivity contribution in [3.63, 3.8) is 0 Å². The highest BCUT2D eigenvalue weighted by Gasteiger charge is 2.39. The molecule has 5 heteroatoms. The van der Waals surface area contributed by atoms with Gasteiger partial charge < -0.3 is 9.74 Å². The molecule has 3 rings (SSSR count). The van der Waals surface area contributed by atoms with Gasteiger partial charge in [0.2, 0.25) is 0 Å². The molecule has 1 aliphatic heterocycles. The second-order valence-electron chi connectivity index (χ2n) is 17.2. The molecule has 0 amide bonds. The van der Waals surface area contributed by atoms with Crippen LogP contribution in [0.1, 0.15) is 147 Å². The molecular formula is C40H77N3OSi. The molecular weight excluding hydrogens is 567 g/mol. The van der Waals surface area contributed by atoms with Gasteiger partial charge in [-0.05, 0) is 131 Å². The molecule has 0 aromatic rings. The molecule has 1 heterocycles. The molecule has 2 saturated carbocycles. The number of nitrogens with one attached hydrogen (secondary N) is 1. The third-order valence-corrected chi connectivity index (χ3v) is 16.7. The summed E-state index contributed by atoms with van der Waals surface area (Å²) < 4.78 is 6.62. The first-order valence-corrected chi connectivity index (χ1v) is 22.6. The van der Waals surface area contributed by atoms with Crippen LogP contribution in [0.5, 0.6) is 0 Å². The minimum atomic E-state index is -1.55. The molecule has 45 heavy (non-hydrogen) atoms. The van der Waals surface area contributed by atoms with Crippen molar-refractivity contribution in [3.8, 4) is 0 Å². The number of hydrogen-bond acceptors (Lipinski definition) is 4. The van der Waals surface area contributed by atoms with Gasteiger partial charge in [0.1, 0.15) is 0 Å². The van der Waals surface area contributed by atoms with Crippen molar-refractivity contribution >= 4 is 19.7 Å². The van der Waals surface area contributed by atoms with Crippen LogP contribution >= 0.6 is 0 Å². The third-order valence-electron chi connectivity index (χ3n) is 12.8. The molecule has 262 valence electrons. The van der Waals surface area contributed by atoms with Crippen molar-refractivity contribution in [1.29, 1.82) is 0 Å². The molecule has 3 aliphatic rings. The number of aliphatic imine (C=N–C) groups is 2. The topological polar surface area (TPSA) is 46.0 Å². The fourth-order valence-electron chi connectivity index (χ4n) is 9.19. The van der Waals surface area contributed by atoms with Gasteiger partial charge in [0.15, 0.2) is 8.32 Å². The van der Waals surface area contributed by atoms with E-state index >= 15 is 0 Å². The van der Waals surface area contributed by atoms with Gasteiger partial charge in [0, 0.05) is 30.1 Å². The standard InChI is InChI=1S/C40H77N3OSi/c1-13-45(12,14-2)44-26-18-25-38(43-40-34(29(7)8)21-16-22-35(40)30(9)10)37-24-17-23-36(42-37)31(11)41-39-32(27(3)4)19-15-20-33(39)28(5)6/h27-30,32-37,39-40,42H,13-26H2,1-12H3. The van der Waals surface area contributed by atoms with E-state index in [1.165, 1.54) is 81.3 Å². The Balaban J connectivity index is 1.89. The van der Waals surface area contributed by atoms with E-state index in [-0.39, 0.29) is 0 Å². The van der Waals surface area contributed by atoms with Crippen molar-refractivity contribution in [3.05, 3.63) is 0 Å². The van der Waals surface area contributed by atoms with Crippen molar-refractivity contribution in [2.75, 3.05) is 6.61 Å². The van der Waals surface area contributed by atoms with Gasteiger partial charge in [-0.25, -0.2) is 0 Å². The van der Waals surface area contributed by atoms with Crippen LogP contribution in [0.2, 0.25) is 18.6 Å². The molecule has 4 nitrogen and oxygen atoms in total. The lowest BCUT2D eigenvalue weighted by Crippen LogP contribution is -2.51. The first-order valence-electron chi connectivity index (χ1n) is 19.8. The Morgan fingerprint density at radius 3 is 1.53 bits per heavy atom. The van der Waals surface area contributed by atoms with Crippen LogP contribution in [-0.4, -0.2) is 50.5 Å². The monoisotopic (exact) mass is 644 g/mol. The van der Waals surface area contributed by atoms with Gasteiger partial charge >= 0.3 is 0 Å². The summed E-state index contributed by atoms with van der Waals surface area (Å²) in [5.41, 5.74) is 2.81. The molecule has 6 atom stereocenters. The molecule has 3 fully saturated rings. The van der Waals surface area contributed by atoms with Crippen LogP contribution in [0.15, 0.2) is 9.98 Å². The first kappa shape index (κ1) is 38.9. The fourth-order valence-corrected chi connectivity index (χ4v) is 10.7. The van der Waals surface area contributed by atoms with Crippen molar-refractivity contribution in [2.24, 2.45) is 57.3 Å². The molecule has 6 unspecified atom stereocenters. The Kier molecular flexibility index (Phi) is 15.8. The molecule has 0 bridgehead atoms. The van der Waals surface area contributed by atoms with Crippen LogP contribution in [0.3, 0.4) is 0 Å². The summed E-state index contributed by atoms with van der Waals surface area (Å²) in [6, 6.07) is 4.09. The van der Waals surface area contributed by atoms with Crippen molar-refractivity contribution < 1.29 is 4.43 Å². The van der Waals surface area contributed by atoms with E-state index < -0.39 is 8.32 Å². The number of nitrogens with zero attached hydrogens (tertiary/aromatic N) is 2. The molecule has 2 aliphatic carbocycles. The first-order chi connectivity index (χ1) is 21.3. The van der Waals surface area contributed by atoms with Crippen molar-refractivity contribution in [2.45, 2.75) is 190 Å². The largest absolute Gasteiger partial charge is 0.417 e. The Morgan fingerprint density at radius 1 is 0.667 bits per heavy atom. The van der Waals surface area contributed by atoms with Gasteiger partial charge in [-0.15, -0.1) is 0 Å². The zero-order chi connectivity index (χ0) is 33.3. The van der Waals surface area contributed by atoms with E-state index in [9.17, 15) is 0 Å². The van der Waals surface area contributed by atoms with Crippen LogP contribution < -0.4 is 5.32 Å². The fraction of sp³-hybridized carbons (Fsp3) is 0.950. The van der Waals surface area contributed by atoms with Crippen LogP contribution in [-0.2, 0) is 4.43 Å². The summed E-state index contributed by atoms with van der Waals surface area (Å²) in [5, 5.41) is 4.19. The van der Waals surface area contributed by atoms with E-state index in [2.05, 4.69) is 88.0 Å². The number of hydrogen-bond donors (Lipinski definition) is 1. The van der Waals surface area contributed by atoms with Crippen molar-refractivity contribution in [1.82, 2.24) is 5.32 Å². The highest BCUT2D eigenvalue weighted by Crippen LogP contribution is 2.41. The predicted octanol–water partition coefficient (Wildman–Crippen LogP) is 11.0. The Bertz CT molecular complexity index is 891. The summed E-state index contributed by atoms with van der Waals surface area (Å²) in [7, 11) is -1.55. The maximum Gasteiger partial charge on any atom is 0.189 e. The van der Waals surface area contributed by atoms with Gasteiger partial charge in [-0.3, -0.25) is 9.98 Å². The zero-order valence-corrected chi connectivity index (χ0v) is 33.1. The van der Waals surface area contributed by atoms with E-state index in [1.54, 1.807) is 0 Å². The average molecular weight is 644 g/mol. The molecule has 0 aromatic carbocycles. The average Bonchev–Trinajstić information content (AvgIpc) is 3.01. The molecule has 0 radical (unpaired) electrons. The van der Waals surface area contributed by atoms with E-state index in [0.29, 0.717) is 71.5 Å². The minimum Gasteiger partial charge on any atom is -0.417 e. The summed E-state index contributed by atoms with van der Waals surface area (Å²) in [6.45, 7) is 29.8. The highest BCUT2D eigenvalue weighted by atomic mass is 28.4. The van der Waals surface area contributed by atoms with E-state index in [1.807, 2.05) is 0 Å². The van der Waals surface area contributed by atoms with E-state index in [4.69, 9.17) is 14.4 Å². The maximum atomic E-state index is 6.62. The van der Waals surface area contributed by atoms with Gasteiger partial charge in [-0.1, -0.05) is 82.1 Å². The Morgan fingerprint density at radius 2 is 1.09 bits per heavy atom. The highest BCUT2D eigenvalue weighted by molar-refractivity contribution is 6.72. The maximum absolute atomic E-state index is 6.62. The quantitative estimate of drug-likeness (QED) is 0.110. The molecule has 1 saturated heterocycles. The number of rotatable bonds is 15. The Hall–Kier alpha value is -0.523. The molecule has 1 N–H and O–H groups in total.